The van der Waals surface area contributed by atoms with Gasteiger partial charge in [-0.05, 0) is 43.4 Å². The van der Waals surface area contributed by atoms with Gasteiger partial charge in [0.05, 0.1) is 11.0 Å². The summed E-state index contributed by atoms with van der Waals surface area (Å²) in [6.07, 6.45) is 3.59. The van der Waals surface area contributed by atoms with Gasteiger partial charge in [0.25, 0.3) is 0 Å². The van der Waals surface area contributed by atoms with Gasteiger partial charge in [0.2, 0.25) is 0 Å². The van der Waals surface area contributed by atoms with Crippen molar-refractivity contribution in [2.75, 3.05) is 6.54 Å². The average Bonchev–Trinajstić information content (AvgIpc) is 2.95. The summed E-state index contributed by atoms with van der Waals surface area (Å²) in [4.78, 5) is 7.95. The molecule has 0 amide bonds. The SMILES string of the molecule is NC[C@@H]1C[C@H]1CCc1nc2ccccc2[nH]1. The maximum absolute atomic E-state index is 5.63. The summed E-state index contributed by atoms with van der Waals surface area (Å²) in [6, 6.07) is 8.19. The van der Waals surface area contributed by atoms with Gasteiger partial charge in [0, 0.05) is 6.42 Å². The molecule has 3 rings (SSSR count). The van der Waals surface area contributed by atoms with Crippen LogP contribution >= 0.6 is 0 Å². The molecule has 2 atom stereocenters. The Bertz CT molecular complexity index is 456. The van der Waals surface area contributed by atoms with Crippen LogP contribution in [-0.2, 0) is 6.42 Å². The third kappa shape index (κ3) is 1.83. The number of nitrogens with zero attached hydrogens (tertiary/aromatic N) is 1. The lowest BCUT2D eigenvalue weighted by molar-refractivity contribution is 0.638. The zero-order chi connectivity index (χ0) is 11.0. The quantitative estimate of drug-likeness (QED) is 0.820. The summed E-state index contributed by atoms with van der Waals surface area (Å²) in [5.74, 6) is 2.74. The number of nitrogens with two attached hydrogens (primary N) is 1. The third-order valence-corrected chi connectivity index (χ3v) is 3.56. The Morgan fingerprint density at radius 1 is 1.31 bits per heavy atom. The number of imidazole rings is 1. The van der Waals surface area contributed by atoms with Crippen molar-refractivity contribution < 1.29 is 0 Å². The van der Waals surface area contributed by atoms with E-state index in [1.807, 2.05) is 12.1 Å². The van der Waals surface area contributed by atoms with Crippen LogP contribution in [-0.4, -0.2) is 16.5 Å². The monoisotopic (exact) mass is 215 g/mol. The number of rotatable bonds is 4. The lowest BCUT2D eigenvalue weighted by atomic mass is 10.2. The molecular weight excluding hydrogens is 198 g/mol. The molecule has 1 heterocycles. The van der Waals surface area contributed by atoms with Crippen LogP contribution in [0.25, 0.3) is 11.0 Å². The molecule has 0 radical (unpaired) electrons. The molecule has 0 aliphatic heterocycles. The second-order valence-electron chi connectivity index (χ2n) is 4.73. The van der Waals surface area contributed by atoms with Gasteiger partial charge >= 0.3 is 0 Å². The fourth-order valence-electron chi connectivity index (χ4n) is 2.40. The summed E-state index contributed by atoms with van der Waals surface area (Å²) in [5, 5.41) is 0. The number of para-hydroxylation sites is 2. The first-order valence-corrected chi connectivity index (χ1v) is 6.00. The Kier molecular flexibility index (Phi) is 2.40. The van der Waals surface area contributed by atoms with Crippen molar-refractivity contribution in [3.05, 3.63) is 30.1 Å². The van der Waals surface area contributed by atoms with Crippen molar-refractivity contribution in [3.8, 4) is 0 Å². The summed E-state index contributed by atoms with van der Waals surface area (Å²) < 4.78 is 0. The number of aryl methyl sites for hydroxylation is 1. The normalized spacial score (nSPS) is 23.8. The van der Waals surface area contributed by atoms with Gasteiger partial charge in [0.15, 0.2) is 0 Å². The Balaban J connectivity index is 1.66. The smallest absolute Gasteiger partial charge is 0.107 e. The average molecular weight is 215 g/mol. The van der Waals surface area contributed by atoms with Gasteiger partial charge in [-0.3, -0.25) is 0 Å². The molecular formula is C13H17N3. The lowest BCUT2D eigenvalue weighted by Gasteiger charge is -1.95. The highest BCUT2D eigenvalue weighted by molar-refractivity contribution is 5.74. The molecule has 1 aromatic heterocycles. The van der Waals surface area contributed by atoms with E-state index in [1.54, 1.807) is 0 Å². The molecule has 0 unspecified atom stereocenters. The number of H-pyrrole nitrogens is 1. The summed E-state index contributed by atoms with van der Waals surface area (Å²) >= 11 is 0. The van der Waals surface area contributed by atoms with Crippen LogP contribution in [0.5, 0.6) is 0 Å². The topological polar surface area (TPSA) is 54.7 Å². The molecule has 1 aliphatic rings. The minimum Gasteiger partial charge on any atom is -0.342 e. The standard InChI is InChI=1S/C13H17N3/c14-8-10-7-9(10)5-6-13-15-11-3-1-2-4-12(11)16-13/h1-4,9-10H,5-8,14H2,(H,15,16)/t9-,10+/m1/s1. The van der Waals surface area contributed by atoms with Crippen molar-refractivity contribution in [1.82, 2.24) is 9.97 Å². The van der Waals surface area contributed by atoms with E-state index in [0.717, 1.165) is 41.7 Å². The summed E-state index contributed by atoms with van der Waals surface area (Å²) in [7, 11) is 0. The zero-order valence-corrected chi connectivity index (χ0v) is 9.32. The molecule has 0 spiro atoms. The Morgan fingerprint density at radius 2 is 2.19 bits per heavy atom. The zero-order valence-electron chi connectivity index (χ0n) is 9.32. The second kappa shape index (κ2) is 3.91. The first kappa shape index (κ1) is 9.85. The predicted octanol–water partition coefficient (Wildman–Crippen LogP) is 2.09. The first-order valence-electron chi connectivity index (χ1n) is 6.00. The maximum Gasteiger partial charge on any atom is 0.107 e. The van der Waals surface area contributed by atoms with Crippen LogP contribution in [0.4, 0.5) is 0 Å². The Morgan fingerprint density at radius 3 is 2.94 bits per heavy atom. The molecule has 3 nitrogen and oxygen atoms in total. The van der Waals surface area contributed by atoms with Crippen molar-refractivity contribution in [3.63, 3.8) is 0 Å². The molecule has 3 heteroatoms. The van der Waals surface area contributed by atoms with Crippen LogP contribution in [0.3, 0.4) is 0 Å². The second-order valence-corrected chi connectivity index (χ2v) is 4.73. The predicted molar refractivity (Wildman–Crippen MR) is 65.1 cm³/mol. The van der Waals surface area contributed by atoms with Crippen LogP contribution < -0.4 is 5.73 Å². The number of hydrogen-bond acceptors (Lipinski definition) is 2. The molecule has 2 aromatic rings. The van der Waals surface area contributed by atoms with Crippen molar-refractivity contribution in [2.45, 2.75) is 19.3 Å². The molecule has 1 fully saturated rings. The van der Waals surface area contributed by atoms with E-state index in [2.05, 4.69) is 22.1 Å². The number of aromatic nitrogens is 2. The highest BCUT2D eigenvalue weighted by atomic mass is 14.9. The van der Waals surface area contributed by atoms with Crippen molar-refractivity contribution in [1.29, 1.82) is 0 Å². The largest absolute Gasteiger partial charge is 0.342 e. The minimum atomic E-state index is 0.782. The van der Waals surface area contributed by atoms with E-state index in [4.69, 9.17) is 5.73 Å². The first-order chi connectivity index (χ1) is 7.86. The van der Waals surface area contributed by atoms with E-state index in [0.29, 0.717) is 0 Å². The van der Waals surface area contributed by atoms with Crippen LogP contribution in [0, 0.1) is 11.8 Å². The van der Waals surface area contributed by atoms with E-state index >= 15 is 0 Å². The number of benzene rings is 1. The number of aromatic amines is 1. The molecule has 0 saturated heterocycles. The molecule has 84 valence electrons. The third-order valence-electron chi connectivity index (χ3n) is 3.56. The molecule has 1 saturated carbocycles. The number of hydrogen-bond donors (Lipinski definition) is 2. The fourth-order valence-corrected chi connectivity index (χ4v) is 2.40. The Labute approximate surface area is 95.1 Å². The van der Waals surface area contributed by atoms with Crippen LogP contribution in [0.1, 0.15) is 18.7 Å². The summed E-state index contributed by atoms with van der Waals surface area (Å²) in [6.45, 7) is 0.852. The van der Waals surface area contributed by atoms with E-state index in [-0.39, 0.29) is 0 Å². The van der Waals surface area contributed by atoms with Gasteiger partial charge in [-0.15, -0.1) is 0 Å². The van der Waals surface area contributed by atoms with Gasteiger partial charge in [0.1, 0.15) is 5.82 Å². The summed E-state index contributed by atoms with van der Waals surface area (Å²) in [5.41, 5.74) is 7.85. The molecule has 16 heavy (non-hydrogen) atoms. The van der Waals surface area contributed by atoms with Gasteiger partial charge in [-0.1, -0.05) is 12.1 Å². The molecule has 3 N–H and O–H groups in total. The molecule has 1 aromatic carbocycles. The van der Waals surface area contributed by atoms with Gasteiger partial charge in [-0.2, -0.15) is 0 Å². The molecule has 0 bridgehead atoms. The lowest BCUT2D eigenvalue weighted by Crippen LogP contribution is -2.03. The van der Waals surface area contributed by atoms with Gasteiger partial charge < -0.3 is 10.7 Å². The number of fused-ring (bicyclic) bond motifs is 1. The Hall–Kier alpha value is -1.35. The highest BCUT2D eigenvalue weighted by Gasteiger charge is 2.34. The highest BCUT2D eigenvalue weighted by Crippen LogP contribution is 2.40. The number of nitrogens with one attached hydrogen (secondary N) is 1. The fraction of sp³-hybridized carbons (Fsp3) is 0.462. The maximum atomic E-state index is 5.63. The van der Waals surface area contributed by atoms with Crippen LogP contribution in [0.15, 0.2) is 24.3 Å². The van der Waals surface area contributed by atoms with E-state index in [9.17, 15) is 0 Å². The van der Waals surface area contributed by atoms with Crippen LogP contribution in [0.2, 0.25) is 0 Å². The van der Waals surface area contributed by atoms with E-state index in [1.165, 1.54) is 12.8 Å². The van der Waals surface area contributed by atoms with Crippen molar-refractivity contribution >= 4 is 11.0 Å². The van der Waals surface area contributed by atoms with Gasteiger partial charge in [-0.25, -0.2) is 4.98 Å². The van der Waals surface area contributed by atoms with E-state index < -0.39 is 0 Å². The van der Waals surface area contributed by atoms with Crippen molar-refractivity contribution in [2.24, 2.45) is 17.6 Å². The molecule has 1 aliphatic carbocycles. The minimum absolute atomic E-state index is 0.782.